The van der Waals surface area contributed by atoms with Gasteiger partial charge in [0.1, 0.15) is 0 Å². The summed E-state index contributed by atoms with van der Waals surface area (Å²) in [6.07, 6.45) is 10.4. The highest BCUT2D eigenvalue weighted by atomic mass is 16.7. The summed E-state index contributed by atoms with van der Waals surface area (Å²) in [5, 5.41) is 0. The van der Waals surface area contributed by atoms with E-state index in [-0.39, 0.29) is 12.7 Å². The molecule has 4 nitrogen and oxygen atoms in total. The van der Waals surface area contributed by atoms with Crippen LogP contribution in [0.15, 0.2) is 24.3 Å². The Morgan fingerprint density at radius 3 is 2.38 bits per heavy atom. The number of amides is 1. The van der Waals surface area contributed by atoms with Crippen molar-refractivity contribution in [1.29, 1.82) is 0 Å². The van der Waals surface area contributed by atoms with Gasteiger partial charge in [-0.2, -0.15) is 0 Å². The molecule has 0 bridgehead atoms. The van der Waals surface area contributed by atoms with E-state index in [9.17, 15) is 4.79 Å². The van der Waals surface area contributed by atoms with Crippen molar-refractivity contribution in [2.45, 2.75) is 52.4 Å². The molecule has 24 heavy (non-hydrogen) atoms. The lowest BCUT2D eigenvalue weighted by atomic mass is 10.1. The van der Waals surface area contributed by atoms with E-state index < -0.39 is 0 Å². The Bertz CT molecular complexity index is 544. The number of rotatable bonds is 10. The Kier molecular flexibility index (Phi) is 7.66. The van der Waals surface area contributed by atoms with E-state index >= 15 is 0 Å². The second-order valence-electron chi connectivity index (χ2n) is 6.19. The molecule has 4 heteroatoms. The van der Waals surface area contributed by atoms with Crippen LogP contribution in [-0.4, -0.2) is 30.7 Å². The van der Waals surface area contributed by atoms with Crippen LogP contribution in [0, 0.1) is 0 Å². The average Bonchev–Trinajstić information content (AvgIpc) is 3.06. The number of unbranched alkanes of at least 4 members (excludes halogenated alkanes) is 4. The van der Waals surface area contributed by atoms with Gasteiger partial charge in [-0.25, -0.2) is 0 Å². The van der Waals surface area contributed by atoms with Gasteiger partial charge in [0, 0.05) is 19.2 Å². The molecule has 1 heterocycles. The molecule has 0 N–H and O–H groups in total. The predicted molar refractivity (Wildman–Crippen MR) is 97.2 cm³/mol. The highest BCUT2D eigenvalue weighted by Gasteiger charge is 2.13. The second-order valence-corrected chi connectivity index (χ2v) is 6.19. The zero-order valence-corrected chi connectivity index (χ0v) is 14.9. The van der Waals surface area contributed by atoms with Crippen LogP contribution in [0.5, 0.6) is 11.5 Å². The fourth-order valence-electron chi connectivity index (χ4n) is 2.73. The van der Waals surface area contributed by atoms with Crippen LogP contribution in [0.2, 0.25) is 0 Å². The molecule has 0 unspecified atom stereocenters. The summed E-state index contributed by atoms with van der Waals surface area (Å²) >= 11 is 0. The molecule has 2 rings (SSSR count). The van der Waals surface area contributed by atoms with E-state index in [1.165, 1.54) is 25.7 Å². The molecule has 0 saturated carbocycles. The molecule has 132 valence electrons. The molecule has 0 aromatic heterocycles. The fraction of sp³-hybridized carbons (Fsp3) is 0.550. The predicted octanol–water partition coefficient (Wildman–Crippen LogP) is 4.64. The van der Waals surface area contributed by atoms with Crippen LogP contribution >= 0.6 is 0 Å². The Balaban J connectivity index is 1.94. The average molecular weight is 331 g/mol. The van der Waals surface area contributed by atoms with Crippen LogP contribution < -0.4 is 9.47 Å². The van der Waals surface area contributed by atoms with E-state index in [4.69, 9.17) is 9.47 Å². The third-order valence-corrected chi connectivity index (χ3v) is 4.19. The quantitative estimate of drug-likeness (QED) is 0.463. The number of carbonyl (C=O) groups is 1. The largest absolute Gasteiger partial charge is 0.454 e. The van der Waals surface area contributed by atoms with E-state index in [1.54, 1.807) is 6.08 Å². The van der Waals surface area contributed by atoms with Crippen LogP contribution in [0.3, 0.4) is 0 Å². The molecular formula is C20H29NO3. The Morgan fingerprint density at radius 1 is 1.04 bits per heavy atom. The first kappa shape index (κ1) is 18.4. The third kappa shape index (κ3) is 5.59. The maximum Gasteiger partial charge on any atom is 0.246 e. The van der Waals surface area contributed by atoms with Crippen molar-refractivity contribution in [1.82, 2.24) is 4.90 Å². The SMILES string of the molecule is CCCCCN(CCCCC)C(=O)/C=C/c1ccc2c(c1)OCO2. The number of fused-ring (bicyclic) bond motifs is 1. The van der Waals surface area contributed by atoms with Crippen molar-refractivity contribution in [3.8, 4) is 11.5 Å². The minimum Gasteiger partial charge on any atom is -0.454 e. The third-order valence-electron chi connectivity index (χ3n) is 4.19. The first-order chi connectivity index (χ1) is 11.7. The lowest BCUT2D eigenvalue weighted by Crippen LogP contribution is -2.31. The molecule has 1 aromatic rings. The fourth-order valence-corrected chi connectivity index (χ4v) is 2.73. The smallest absolute Gasteiger partial charge is 0.246 e. The van der Waals surface area contributed by atoms with Crippen molar-refractivity contribution in [2.24, 2.45) is 0 Å². The van der Waals surface area contributed by atoms with Gasteiger partial charge in [0.15, 0.2) is 11.5 Å². The number of hydrogen-bond donors (Lipinski definition) is 0. The second kappa shape index (κ2) is 10.0. The Labute approximate surface area is 145 Å². The monoisotopic (exact) mass is 331 g/mol. The Morgan fingerprint density at radius 2 is 1.71 bits per heavy atom. The molecule has 0 saturated heterocycles. The number of benzene rings is 1. The topological polar surface area (TPSA) is 38.8 Å². The normalized spacial score (nSPS) is 12.8. The molecule has 0 aliphatic carbocycles. The van der Waals surface area contributed by atoms with Gasteiger partial charge < -0.3 is 14.4 Å². The molecule has 0 atom stereocenters. The number of ether oxygens (including phenoxy) is 2. The first-order valence-corrected chi connectivity index (χ1v) is 9.11. The van der Waals surface area contributed by atoms with Crippen LogP contribution in [-0.2, 0) is 4.79 Å². The Hall–Kier alpha value is -1.97. The summed E-state index contributed by atoms with van der Waals surface area (Å²) in [4.78, 5) is 14.5. The maximum absolute atomic E-state index is 12.5. The van der Waals surface area contributed by atoms with Gasteiger partial charge in [0.05, 0.1) is 0 Å². The van der Waals surface area contributed by atoms with E-state index in [0.717, 1.165) is 43.0 Å². The maximum atomic E-state index is 12.5. The number of hydrogen-bond acceptors (Lipinski definition) is 3. The highest BCUT2D eigenvalue weighted by Crippen LogP contribution is 2.32. The first-order valence-electron chi connectivity index (χ1n) is 9.11. The molecule has 0 spiro atoms. The van der Waals surface area contributed by atoms with Crippen LogP contribution in [0.1, 0.15) is 57.9 Å². The number of nitrogens with zero attached hydrogens (tertiary/aromatic N) is 1. The van der Waals surface area contributed by atoms with Crippen molar-refractivity contribution in [3.63, 3.8) is 0 Å². The highest BCUT2D eigenvalue weighted by molar-refractivity contribution is 5.91. The van der Waals surface area contributed by atoms with E-state index in [1.807, 2.05) is 29.2 Å². The van der Waals surface area contributed by atoms with Crippen LogP contribution in [0.25, 0.3) is 6.08 Å². The van der Waals surface area contributed by atoms with Gasteiger partial charge in [0.2, 0.25) is 12.7 Å². The van der Waals surface area contributed by atoms with E-state index in [0.29, 0.717) is 0 Å². The lowest BCUT2D eigenvalue weighted by molar-refractivity contribution is -0.126. The molecule has 1 aliphatic rings. The van der Waals surface area contributed by atoms with Gasteiger partial charge in [-0.15, -0.1) is 0 Å². The van der Waals surface area contributed by atoms with Gasteiger partial charge in [0.25, 0.3) is 0 Å². The zero-order chi connectivity index (χ0) is 17.2. The summed E-state index contributed by atoms with van der Waals surface area (Å²) < 4.78 is 10.7. The standard InChI is InChI=1S/C20H29NO3/c1-3-5-7-13-21(14-8-6-4-2)20(22)12-10-17-9-11-18-19(15-17)24-16-23-18/h9-12,15H,3-8,13-14,16H2,1-2H3/b12-10+. The number of carbonyl (C=O) groups excluding carboxylic acids is 1. The molecule has 0 fully saturated rings. The van der Waals surface area contributed by atoms with Crippen LogP contribution in [0.4, 0.5) is 0 Å². The van der Waals surface area contributed by atoms with Crippen molar-refractivity contribution >= 4 is 12.0 Å². The molecule has 1 aromatic carbocycles. The van der Waals surface area contributed by atoms with Gasteiger partial charge in [-0.1, -0.05) is 45.6 Å². The van der Waals surface area contributed by atoms with Gasteiger partial charge in [-0.3, -0.25) is 4.79 Å². The van der Waals surface area contributed by atoms with Gasteiger partial charge >= 0.3 is 0 Å². The zero-order valence-electron chi connectivity index (χ0n) is 14.9. The summed E-state index contributed by atoms with van der Waals surface area (Å²) in [6.45, 7) is 6.33. The molecule has 1 amide bonds. The summed E-state index contributed by atoms with van der Waals surface area (Å²) in [6, 6.07) is 5.73. The van der Waals surface area contributed by atoms with Gasteiger partial charge in [-0.05, 0) is 36.6 Å². The van der Waals surface area contributed by atoms with E-state index in [2.05, 4.69) is 13.8 Å². The molecule has 0 radical (unpaired) electrons. The van der Waals surface area contributed by atoms with Crippen molar-refractivity contribution in [2.75, 3.05) is 19.9 Å². The summed E-state index contributed by atoms with van der Waals surface area (Å²) in [5.41, 5.74) is 0.953. The molecule has 1 aliphatic heterocycles. The lowest BCUT2D eigenvalue weighted by Gasteiger charge is -2.21. The summed E-state index contributed by atoms with van der Waals surface area (Å²) in [7, 11) is 0. The van der Waals surface area contributed by atoms with Crippen molar-refractivity contribution in [3.05, 3.63) is 29.8 Å². The van der Waals surface area contributed by atoms with Crippen molar-refractivity contribution < 1.29 is 14.3 Å². The summed E-state index contributed by atoms with van der Waals surface area (Å²) in [5.74, 6) is 1.60. The minimum atomic E-state index is 0.0971. The minimum absolute atomic E-state index is 0.0971. The molecular weight excluding hydrogens is 302 g/mol.